The van der Waals surface area contributed by atoms with Gasteiger partial charge >= 0.3 is 0 Å². The molecule has 1 aromatic rings. The van der Waals surface area contributed by atoms with Gasteiger partial charge in [0.05, 0.1) is 6.61 Å². The van der Waals surface area contributed by atoms with E-state index < -0.39 is 28.6 Å². The minimum absolute atomic E-state index is 0.113. The Labute approximate surface area is 146 Å². The van der Waals surface area contributed by atoms with Gasteiger partial charge in [0.2, 0.25) is 15.9 Å². The SMILES string of the molecule is CNC(=O)C(O)CNS(=O)(=O)c1cc(Cl)ccc1OCC1CCC1. The molecule has 1 aromatic carbocycles. The quantitative estimate of drug-likeness (QED) is 0.625. The summed E-state index contributed by atoms with van der Waals surface area (Å²) in [6.45, 7) is 0.00159. The van der Waals surface area contributed by atoms with Crippen molar-refractivity contribution in [2.45, 2.75) is 30.3 Å². The van der Waals surface area contributed by atoms with E-state index >= 15 is 0 Å². The van der Waals surface area contributed by atoms with Gasteiger partial charge in [-0.25, -0.2) is 13.1 Å². The van der Waals surface area contributed by atoms with Crippen LogP contribution in [0.1, 0.15) is 19.3 Å². The molecule has 0 radical (unpaired) electrons. The van der Waals surface area contributed by atoms with Crippen LogP contribution >= 0.6 is 11.6 Å². The lowest BCUT2D eigenvalue weighted by Gasteiger charge is -2.25. The van der Waals surface area contributed by atoms with E-state index in [1.54, 1.807) is 6.07 Å². The average molecular weight is 377 g/mol. The third-order valence-electron chi connectivity index (χ3n) is 3.91. The molecule has 9 heteroatoms. The normalized spacial score (nSPS) is 16.3. The molecule has 1 atom stereocenters. The Morgan fingerprint density at radius 2 is 2.17 bits per heavy atom. The zero-order valence-electron chi connectivity index (χ0n) is 13.3. The molecule has 1 saturated carbocycles. The summed E-state index contributed by atoms with van der Waals surface area (Å²) in [6.07, 6.45) is 1.83. The zero-order valence-corrected chi connectivity index (χ0v) is 14.9. The maximum absolute atomic E-state index is 12.5. The molecule has 1 fully saturated rings. The molecule has 1 unspecified atom stereocenters. The van der Waals surface area contributed by atoms with E-state index in [4.69, 9.17) is 16.3 Å². The van der Waals surface area contributed by atoms with Crippen molar-refractivity contribution in [1.29, 1.82) is 0 Å². The predicted octanol–water partition coefficient (Wildman–Crippen LogP) is 0.904. The number of hydrogen-bond acceptors (Lipinski definition) is 5. The first-order valence-corrected chi connectivity index (χ1v) is 9.51. The van der Waals surface area contributed by atoms with Crippen LogP contribution in [0.25, 0.3) is 0 Å². The van der Waals surface area contributed by atoms with Gasteiger partial charge in [0.1, 0.15) is 16.7 Å². The first-order valence-electron chi connectivity index (χ1n) is 7.65. The second-order valence-corrected chi connectivity index (χ2v) is 7.85. The smallest absolute Gasteiger partial charge is 0.249 e. The molecule has 3 N–H and O–H groups in total. The number of rotatable bonds is 8. The zero-order chi connectivity index (χ0) is 17.7. The van der Waals surface area contributed by atoms with Gasteiger partial charge in [-0.15, -0.1) is 0 Å². The highest BCUT2D eigenvalue weighted by atomic mass is 35.5. The minimum atomic E-state index is -3.99. The molecule has 134 valence electrons. The van der Waals surface area contributed by atoms with Gasteiger partial charge in [0.25, 0.3) is 0 Å². The lowest BCUT2D eigenvalue weighted by atomic mass is 9.86. The van der Waals surface area contributed by atoms with Crippen LogP contribution in [0.15, 0.2) is 23.1 Å². The number of halogens is 1. The number of amides is 1. The van der Waals surface area contributed by atoms with Crippen LogP contribution < -0.4 is 14.8 Å². The van der Waals surface area contributed by atoms with E-state index in [0.29, 0.717) is 12.5 Å². The second kappa shape index (κ2) is 8.15. The molecular weight excluding hydrogens is 356 g/mol. The summed E-state index contributed by atoms with van der Waals surface area (Å²) < 4.78 is 32.7. The van der Waals surface area contributed by atoms with E-state index in [-0.39, 0.29) is 15.7 Å². The van der Waals surface area contributed by atoms with Crippen LogP contribution in [0.4, 0.5) is 0 Å². The van der Waals surface area contributed by atoms with Crippen LogP contribution in [-0.2, 0) is 14.8 Å². The van der Waals surface area contributed by atoms with Crippen molar-refractivity contribution in [3.63, 3.8) is 0 Å². The Bertz CT molecular complexity index is 691. The average Bonchev–Trinajstić information content (AvgIpc) is 2.51. The summed E-state index contributed by atoms with van der Waals surface area (Å²) in [7, 11) is -2.64. The number of likely N-dealkylation sites (N-methyl/N-ethyl adjacent to an activating group) is 1. The summed E-state index contributed by atoms with van der Waals surface area (Å²) in [6, 6.07) is 4.34. The highest BCUT2D eigenvalue weighted by Gasteiger charge is 2.24. The van der Waals surface area contributed by atoms with E-state index in [1.165, 1.54) is 25.6 Å². The largest absolute Gasteiger partial charge is 0.492 e. The highest BCUT2D eigenvalue weighted by Crippen LogP contribution is 2.31. The van der Waals surface area contributed by atoms with Gasteiger partial charge in [-0.2, -0.15) is 0 Å². The number of aliphatic hydroxyl groups excluding tert-OH is 1. The molecule has 24 heavy (non-hydrogen) atoms. The van der Waals surface area contributed by atoms with E-state index in [0.717, 1.165) is 12.8 Å². The number of nitrogens with one attached hydrogen (secondary N) is 2. The van der Waals surface area contributed by atoms with Crippen molar-refractivity contribution >= 4 is 27.5 Å². The van der Waals surface area contributed by atoms with Gasteiger partial charge in [-0.05, 0) is 37.0 Å². The Hall–Kier alpha value is -1.35. The lowest BCUT2D eigenvalue weighted by Crippen LogP contribution is -2.41. The fraction of sp³-hybridized carbons (Fsp3) is 0.533. The van der Waals surface area contributed by atoms with Gasteiger partial charge in [-0.1, -0.05) is 18.0 Å². The van der Waals surface area contributed by atoms with Crippen molar-refractivity contribution in [1.82, 2.24) is 10.0 Å². The molecule has 0 heterocycles. The number of carbonyl (C=O) groups is 1. The molecule has 0 bridgehead atoms. The van der Waals surface area contributed by atoms with Gasteiger partial charge in [0.15, 0.2) is 0 Å². The fourth-order valence-corrected chi connectivity index (χ4v) is 3.65. The molecule has 2 rings (SSSR count). The molecule has 0 aliphatic heterocycles. The minimum Gasteiger partial charge on any atom is -0.492 e. The Kier molecular flexibility index (Phi) is 6.45. The summed E-state index contributed by atoms with van der Waals surface area (Å²) in [5.41, 5.74) is 0. The summed E-state index contributed by atoms with van der Waals surface area (Å²) >= 11 is 5.90. The fourth-order valence-electron chi connectivity index (χ4n) is 2.20. The number of sulfonamides is 1. The van der Waals surface area contributed by atoms with Crippen LogP contribution in [0.3, 0.4) is 0 Å². The topological polar surface area (TPSA) is 105 Å². The third-order valence-corrected chi connectivity index (χ3v) is 5.59. The van der Waals surface area contributed by atoms with Gasteiger partial charge in [0, 0.05) is 18.6 Å². The molecule has 1 aliphatic carbocycles. The van der Waals surface area contributed by atoms with Crippen molar-refractivity contribution < 1.29 is 23.1 Å². The molecule has 0 saturated heterocycles. The first kappa shape index (κ1) is 19.0. The molecule has 1 amide bonds. The Balaban J connectivity index is 2.11. The number of aliphatic hydroxyl groups is 1. The molecule has 1 aliphatic rings. The maximum Gasteiger partial charge on any atom is 0.249 e. The number of carbonyl (C=O) groups excluding carboxylic acids is 1. The van der Waals surface area contributed by atoms with Crippen LogP contribution in [0, 0.1) is 5.92 Å². The maximum atomic E-state index is 12.5. The van der Waals surface area contributed by atoms with E-state index in [9.17, 15) is 18.3 Å². The summed E-state index contributed by atoms with van der Waals surface area (Å²) in [5.74, 6) is -0.0299. The van der Waals surface area contributed by atoms with Crippen molar-refractivity contribution in [2.24, 2.45) is 5.92 Å². The molecule has 7 nitrogen and oxygen atoms in total. The van der Waals surface area contributed by atoms with Crippen LogP contribution in [0.2, 0.25) is 5.02 Å². The third kappa shape index (κ3) is 4.83. The first-order chi connectivity index (χ1) is 11.3. The standard InChI is InChI=1S/C15H21ClN2O5S/c1-17-15(20)12(19)8-18-24(21,22)14-7-11(16)5-6-13(14)23-9-10-3-2-4-10/h5-7,10,12,18-19H,2-4,8-9H2,1H3,(H,17,20). The van der Waals surface area contributed by atoms with Crippen molar-refractivity contribution in [2.75, 3.05) is 20.2 Å². The Morgan fingerprint density at radius 1 is 1.46 bits per heavy atom. The van der Waals surface area contributed by atoms with E-state index in [1.807, 2.05) is 0 Å². The van der Waals surface area contributed by atoms with Crippen LogP contribution in [-0.4, -0.2) is 45.7 Å². The van der Waals surface area contributed by atoms with Gasteiger partial charge < -0.3 is 15.2 Å². The second-order valence-electron chi connectivity index (χ2n) is 5.68. The highest BCUT2D eigenvalue weighted by molar-refractivity contribution is 7.89. The number of hydrogen-bond donors (Lipinski definition) is 3. The number of ether oxygens (including phenoxy) is 1. The predicted molar refractivity (Wildman–Crippen MR) is 89.6 cm³/mol. The van der Waals surface area contributed by atoms with Crippen LogP contribution in [0.5, 0.6) is 5.75 Å². The lowest BCUT2D eigenvalue weighted by molar-refractivity contribution is -0.128. The molecule has 0 aromatic heterocycles. The van der Waals surface area contributed by atoms with Crippen molar-refractivity contribution in [3.8, 4) is 5.75 Å². The van der Waals surface area contributed by atoms with Gasteiger partial charge in [-0.3, -0.25) is 4.79 Å². The summed E-state index contributed by atoms with van der Waals surface area (Å²) in [4.78, 5) is 11.1. The Morgan fingerprint density at radius 3 is 2.75 bits per heavy atom. The van der Waals surface area contributed by atoms with Crippen molar-refractivity contribution in [3.05, 3.63) is 23.2 Å². The molecule has 0 spiro atoms. The molecular formula is C15H21ClN2O5S. The monoisotopic (exact) mass is 376 g/mol. The number of benzene rings is 1. The van der Waals surface area contributed by atoms with E-state index in [2.05, 4.69) is 10.0 Å². The summed E-state index contributed by atoms with van der Waals surface area (Å²) in [5, 5.41) is 12.1.